The van der Waals surface area contributed by atoms with Crippen LogP contribution in [0.2, 0.25) is 0 Å². The Kier molecular flexibility index (Phi) is 1.28. The lowest BCUT2D eigenvalue weighted by atomic mass is 9.73. The maximum absolute atomic E-state index is 5.91. The third-order valence-corrected chi connectivity index (χ3v) is 3.87. The third-order valence-electron chi connectivity index (χ3n) is 3.87. The lowest BCUT2D eigenvalue weighted by Crippen LogP contribution is -2.27. The van der Waals surface area contributed by atoms with Crippen molar-refractivity contribution in [1.29, 1.82) is 0 Å². The van der Waals surface area contributed by atoms with Crippen molar-refractivity contribution < 1.29 is 4.74 Å². The molecular formula is C13H16O. The van der Waals surface area contributed by atoms with Gasteiger partial charge in [-0.2, -0.15) is 0 Å². The maximum Gasteiger partial charge on any atom is 0.123 e. The van der Waals surface area contributed by atoms with Gasteiger partial charge in [0, 0.05) is 11.0 Å². The van der Waals surface area contributed by atoms with E-state index >= 15 is 0 Å². The number of hydrogen-bond acceptors (Lipinski definition) is 1. The van der Waals surface area contributed by atoms with E-state index in [9.17, 15) is 0 Å². The second-order valence-corrected chi connectivity index (χ2v) is 5.53. The molecule has 0 aromatic heterocycles. The second kappa shape index (κ2) is 2.16. The average molecular weight is 188 g/mol. The summed E-state index contributed by atoms with van der Waals surface area (Å²) in [5, 5.41) is 0. The van der Waals surface area contributed by atoms with Crippen molar-refractivity contribution in [2.24, 2.45) is 5.41 Å². The Morgan fingerprint density at radius 1 is 1.29 bits per heavy atom. The van der Waals surface area contributed by atoms with Crippen molar-refractivity contribution in [2.45, 2.75) is 38.7 Å². The SMILES string of the molecule is CC(C)(C)C12CC1Oc1ccccc12. The zero-order chi connectivity index (χ0) is 9.97. The van der Waals surface area contributed by atoms with E-state index in [1.807, 2.05) is 0 Å². The van der Waals surface area contributed by atoms with Gasteiger partial charge in [-0.25, -0.2) is 0 Å². The lowest BCUT2D eigenvalue weighted by molar-refractivity contribution is 0.238. The summed E-state index contributed by atoms with van der Waals surface area (Å²) in [4.78, 5) is 0. The van der Waals surface area contributed by atoms with E-state index in [-0.39, 0.29) is 0 Å². The first-order valence-corrected chi connectivity index (χ1v) is 5.32. The van der Waals surface area contributed by atoms with Gasteiger partial charge in [0.2, 0.25) is 0 Å². The minimum Gasteiger partial charge on any atom is -0.489 e. The summed E-state index contributed by atoms with van der Waals surface area (Å²) in [5.74, 6) is 1.11. The predicted molar refractivity (Wildman–Crippen MR) is 56.6 cm³/mol. The summed E-state index contributed by atoms with van der Waals surface area (Å²) in [6.07, 6.45) is 1.65. The number of ether oxygens (including phenoxy) is 1. The van der Waals surface area contributed by atoms with E-state index in [4.69, 9.17) is 4.74 Å². The first-order valence-electron chi connectivity index (χ1n) is 5.32. The molecule has 1 heteroatoms. The van der Waals surface area contributed by atoms with Crippen LogP contribution < -0.4 is 4.74 Å². The van der Waals surface area contributed by atoms with Gasteiger partial charge in [-0.3, -0.25) is 0 Å². The van der Waals surface area contributed by atoms with Gasteiger partial charge in [0.05, 0.1) is 0 Å². The molecule has 1 aromatic carbocycles. The lowest BCUT2D eigenvalue weighted by Gasteiger charge is -2.28. The summed E-state index contributed by atoms with van der Waals surface area (Å²) in [6.45, 7) is 6.95. The van der Waals surface area contributed by atoms with Gasteiger partial charge >= 0.3 is 0 Å². The highest BCUT2D eigenvalue weighted by atomic mass is 16.5. The number of para-hydroxylation sites is 1. The van der Waals surface area contributed by atoms with Gasteiger partial charge in [-0.1, -0.05) is 39.0 Å². The molecule has 1 saturated carbocycles. The maximum atomic E-state index is 5.91. The molecule has 0 amide bonds. The minimum absolute atomic E-state index is 0.309. The summed E-state index contributed by atoms with van der Waals surface area (Å²) in [7, 11) is 0. The molecule has 1 heterocycles. The van der Waals surface area contributed by atoms with E-state index in [2.05, 4.69) is 45.0 Å². The number of rotatable bonds is 0. The fraction of sp³-hybridized carbons (Fsp3) is 0.538. The summed E-state index contributed by atoms with van der Waals surface area (Å²) in [5.41, 5.74) is 2.05. The predicted octanol–water partition coefficient (Wildman–Crippen LogP) is 3.14. The molecule has 0 bridgehead atoms. The Hall–Kier alpha value is -0.980. The van der Waals surface area contributed by atoms with Gasteiger partial charge in [0.15, 0.2) is 0 Å². The van der Waals surface area contributed by atoms with Gasteiger partial charge in [-0.05, 0) is 17.9 Å². The molecule has 0 radical (unpaired) electrons. The molecule has 2 unspecified atom stereocenters. The number of benzene rings is 1. The third kappa shape index (κ3) is 0.765. The minimum atomic E-state index is 0.309. The summed E-state index contributed by atoms with van der Waals surface area (Å²) < 4.78 is 5.91. The highest BCUT2D eigenvalue weighted by molar-refractivity contribution is 5.52. The molecular weight excluding hydrogens is 172 g/mol. The molecule has 1 fully saturated rings. The monoisotopic (exact) mass is 188 g/mol. The van der Waals surface area contributed by atoms with Gasteiger partial charge < -0.3 is 4.74 Å². The summed E-state index contributed by atoms with van der Waals surface area (Å²) in [6, 6.07) is 8.50. The highest BCUT2D eigenvalue weighted by Gasteiger charge is 2.68. The number of fused-ring (bicyclic) bond motifs is 3. The molecule has 0 N–H and O–H groups in total. The van der Waals surface area contributed by atoms with E-state index in [0.29, 0.717) is 16.9 Å². The first kappa shape index (κ1) is 8.34. The quantitative estimate of drug-likeness (QED) is 0.607. The van der Waals surface area contributed by atoms with Crippen LogP contribution in [-0.2, 0) is 5.41 Å². The van der Waals surface area contributed by atoms with E-state index in [1.54, 1.807) is 0 Å². The first-order chi connectivity index (χ1) is 6.56. The van der Waals surface area contributed by atoms with Crippen molar-refractivity contribution in [3.05, 3.63) is 29.8 Å². The fourth-order valence-corrected chi connectivity index (χ4v) is 2.94. The Morgan fingerprint density at radius 2 is 2.00 bits per heavy atom. The Morgan fingerprint density at radius 3 is 2.71 bits per heavy atom. The molecule has 2 atom stereocenters. The molecule has 1 aromatic rings. The Labute approximate surface area is 85.1 Å². The van der Waals surface area contributed by atoms with Gasteiger partial charge in [0.25, 0.3) is 0 Å². The van der Waals surface area contributed by atoms with Crippen LogP contribution in [0.3, 0.4) is 0 Å². The summed E-state index contributed by atoms with van der Waals surface area (Å²) >= 11 is 0. The van der Waals surface area contributed by atoms with Crippen LogP contribution in [0.15, 0.2) is 24.3 Å². The van der Waals surface area contributed by atoms with Crippen LogP contribution in [0, 0.1) is 5.41 Å². The molecule has 0 spiro atoms. The molecule has 1 aliphatic heterocycles. The normalized spacial score (nSPS) is 33.2. The van der Waals surface area contributed by atoms with Gasteiger partial charge in [0.1, 0.15) is 11.9 Å². The molecule has 2 aliphatic rings. The largest absolute Gasteiger partial charge is 0.489 e. The fourth-order valence-electron chi connectivity index (χ4n) is 2.94. The topological polar surface area (TPSA) is 9.23 Å². The number of hydrogen-bond donors (Lipinski definition) is 0. The van der Waals surface area contributed by atoms with E-state index in [0.717, 1.165) is 5.75 Å². The van der Waals surface area contributed by atoms with Crippen LogP contribution >= 0.6 is 0 Å². The molecule has 0 saturated heterocycles. The van der Waals surface area contributed by atoms with Crippen molar-refractivity contribution in [3.63, 3.8) is 0 Å². The Balaban J connectivity index is 2.16. The second-order valence-electron chi connectivity index (χ2n) is 5.53. The molecule has 1 nitrogen and oxygen atoms in total. The van der Waals surface area contributed by atoms with Crippen molar-refractivity contribution in [2.75, 3.05) is 0 Å². The standard InChI is InChI=1S/C13H16O/c1-12(2,3)13-8-11(13)14-10-7-5-4-6-9(10)13/h4-7,11H,8H2,1-3H3. The van der Waals surface area contributed by atoms with Crippen molar-refractivity contribution in [3.8, 4) is 5.75 Å². The van der Waals surface area contributed by atoms with Crippen LogP contribution in [0.5, 0.6) is 5.75 Å². The van der Waals surface area contributed by atoms with Crippen molar-refractivity contribution in [1.82, 2.24) is 0 Å². The van der Waals surface area contributed by atoms with Gasteiger partial charge in [-0.15, -0.1) is 0 Å². The Bertz CT molecular complexity index is 388. The van der Waals surface area contributed by atoms with Crippen LogP contribution in [0.25, 0.3) is 0 Å². The molecule has 14 heavy (non-hydrogen) atoms. The zero-order valence-electron chi connectivity index (χ0n) is 9.00. The van der Waals surface area contributed by atoms with Crippen LogP contribution in [0.1, 0.15) is 32.8 Å². The van der Waals surface area contributed by atoms with Crippen LogP contribution in [-0.4, -0.2) is 6.10 Å². The molecule has 74 valence electrons. The van der Waals surface area contributed by atoms with E-state index < -0.39 is 0 Å². The zero-order valence-corrected chi connectivity index (χ0v) is 9.00. The molecule has 1 aliphatic carbocycles. The molecule has 3 rings (SSSR count). The average Bonchev–Trinajstić information content (AvgIpc) is 2.74. The smallest absolute Gasteiger partial charge is 0.123 e. The van der Waals surface area contributed by atoms with Crippen LogP contribution in [0.4, 0.5) is 0 Å². The highest BCUT2D eigenvalue weighted by Crippen LogP contribution is 2.66. The van der Waals surface area contributed by atoms with Crippen molar-refractivity contribution >= 4 is 0 Å². The van der Waals surface area contributed by atoms with E-state index in [1.165, 1.54) is 12.0 Å².